The van der Waals surface area contributed by atoms with E-state index in [-0.39, 0.29) is 12.2 Å². The molecule has 0 saturated carbocycles. The molecule has 0 amide bonds. The third-order valence-corrected chi connectivity index (χ3v) is 3.34. The molecular formula is C16H21NO3. The van der Waals surface area contributed by atoms with Gasteiger partial charge in [0.05, 0.1) is 6.61 Å². The summed E-state index contributed by atoms with van der Waals surface area (Å²) in [7, 11) is 0. The quantitative estimate of drug-likeness (QED) is 0.822. The molecule has 1 aromatic carbocycles. The first-order chi connectivity index (χ1) is 9.63. The van der Waals surface area contributed by atoms with Crippen molar-refractivity contribution in [3.63, 3.8) is 0 Å². The highest BCUT2D eigenvalue weighted by Gasteiger charge is 2.10. The number of aliphatic hydroxyl groups excluding tert-OH is 1. The molecule has 0 aliphatic carbocycles. The van der Waals surface area contributed by atoms with E-state index >= 15 is 0 Å². The van der Waals surface area contributed by atoms with Gasteiger partial charge in [-0.1, -0.05) is 19.1 Å². The van der Waals surface area contributed by atoms with E-state index in [1.807, 2.05) is 25.1 Å². The zero-order valence-electron chi connectivity index (χ0n) is 12.1. The molecule has 1 heterocycles. The van der Waals surface area contributed by atoms with E-state index in [4.69, 9.17) is 9.52 Å². The maximum absolute atomic E-state index is 11.7. The predicted molar refractivity (Wildman–Crippen MR) is 79.9 cm³/mol. The molecule has 0 unspecified atom stereocenters. The third-order valence-electron chi connectivity index (χ3n) is 3.34. The van der Waals surface area contributed by atoms with Crippen LogP contribution in [-0.4, -0.2) is 29.7 Å². The van der Waals surface area contributed by atoms with Gasteiger partial charge >= 0.3 is 5.63 Å². The summed E-state index contributed by atoms with van der Waals surface area (Å²) in [5.74, 6) is 0. The van der Waals surface area contributed by atoms with Crippen molar-refractivity contribution < 1.29 is 9.52 Å². The van der Waals surface area contributed by atoms with Gasteiger partial charge in [0, 0.05) is 24.5 Å². The van der Waals surface area contributed by atoms with Crippen molar-refractivity contribution in [1.82, 2.24) is 4.90 Å². The summed E-state index contributed by atoms with van der Waals surface area (Å²) in [6.45, 7) is 6.36. The van der Waals surface area contributed by atoms with Crippen molar-refractivity contribution in [2.24, 2.45) is 0 Å². The second-order valence-electron chi connectivity index (χ2n) is 5.09. The van der Waals surface area contributed by atoms with Crippen LogP contribution in [0.5, 0.6) is 0 Å². The summed E-state index contributed by atoms with van der Waals surface area (Å²) in [5.41, 5.74) is 2.34. The second-order valence-corrected chi connectivity index (χ2v) is 5.09. The average Bonchev–Trinajstić information content (AvgIpc) is 2.38. The van der Waals surface area contributed by atoms with E-state index in [0.29, 0.717) is 18.7 Å². The van der Waals surface area contributed by atoms with E-state index < -0.39 is 0 Å². The van der Waals surface area contributed by atoms with Crippen LogP contribution in [0.3, 0.4) is 0 Å². The second kappa shape index (κ2) is 6.68. The number of aryl methyl sites for hydroxylation is 1. The van der Waals surface area contributed by atoms with Gasteiger partial charge in [-0.05, 0) is 37.1 Å². The first kappa shape index (κ1) is 14.8. The van der Waals surface area contributed by atoms with Gasteiger partial charge in [-0.15, -0.1) is 0 Å². The molecule has 0 spiro atoms. The highest BCUT2D eigenvalue weighted by molar-refractivity contribution is 5.80. The standard InChI is InChI=1S/C16H21NO3/c1-3-6-17(7-8-18)11-13-10-16(19)20-15-9-12(2)4-5-14(13)15/h4-5,9-10,18H,3,6-8,11H2,1-2H3. The van der Waals surface area contributed by atoms with E-state index in [0.717, 1.165) is 29.5 Å². The number of rotatable bonds is 6. The lowest BCUT2D eigenvalue weighted by Crippen LogP contribution is -2.27. The molecule has 20 heavy (non-hydrogen) atoms. The third kappa shape index (κ3) is 3.46. The van der Waals surface area contributed by atoms with Crippen molar-refractivity contribution in [3.8, 4) is 0 Å². The van der Waals surface area contributed by atoms with Crippen LogP contribution in [-0.2, 0) is 6.54 Å². The van der Waals surface area contributed by atoms with Gasteiger partial charge < -0.3 is 9.52 Å². The van der Waals surface area contributed by atoms with Crippen LogP contribution in [0, 0.1) is 6.92 Å². The molecule has 0 bridgehead atoms. The zero-order chi connectivity index (χ0) is 14.5. The summed E-state index contributed by atoms with van der Waals surface area (Å²) in [4.78, 5) is 13.8. The Labute approximate surface area is 118 Å². The van der Waals surface area contributed by atoms with Gasteiger partial charge in [0.25, 0.3) is 0 Å². The van der Waals surface area contributed by atoms with Crippen molar-refractivity contribution in [3.05, 3.63) is 45.8 Å². The lowest BCUT2D eigenvalue weighted by Gasteiger charge is -2.21. The lowest BCUT2D eigenvalue weighted by molar-refractivity contribution is 0.190. The highest BCUT2D eigenvalue weighted by atomic mass is 16.4. The van der Waals surface area contributed by atoms with Gasteiger partial charge in [0.15, 0.2) is 0 Å². The summed E-state index contributed by atoms with van der Waals surface area (Å²) >= 11 is 0. The summed E-state index contributed by atoms with van der Waals surface area (Å²) < 4.78 is 5.26. The van der Waals surface area contributed by atoms with Crippen LogP contribution in [0.4, 0.5) is 0 Å². The van der Waals surface area contributed by atoms with Crippen LogP contribution in [0.1, 0.15) is 24.5 Å². The van der Waals surface area contributed by atoms with E-state index in [1.54, 1.807) is 6.07 Å². The van der Waals surface area contributed by atoms with Crippen LogP contribution >= 0.6 is 0 Å². The van der Waals surface area contributed by atoms with Crippen molar-refractivity contribution in [2.75, 3.05) is 19.7 Å². The van der Waals surface area contributed by atoms with Crippen LogP contribution in [0.25, 0.3) is 11.0 Å². The van der Waals surface area contributed by atoms with E-state index in [1.165, 1.54) is 0 Å². The Morgan fingerprint density at radius 2 is 2.05 bits per heavy atom. The fourth-order valence-corrected chi connectivity index (χ4v) is 2.44. The zero-order valence-corrected chi connectivity index (χ0v) is 12.1. The molecule has 1 aromatic heterocycles. The van der Waals surface area contributed by atoms with Crippen LogP contribution in [0.15, 0.2) is 33.5 Å². The molecule has 0 fully saturated rings. The molecule has 0 aliphatic heterocycles. The van der Waals surface area contributed by atoms with Gasteiger partial charge in [0.1, 0.15) is 5.58 Å². The fraction of sp³-hybridized carbons (Fsp3) is 0.438. The first-order valence-electron chi connectivity index (χ1n) is 7.00. The van der Waals surface area contributed by atoms with Crippen molar-refractivity contribution >= 4 is 11.0 Å². The Balaban J connectivity index is 2.39. The molecule has 0 atom stereocenters. The number of fused-ring (bicyclic) bond motifs is 1. The molecule has 108 valence electrons. The molecule has 4 nitrogen and oxygen atoms in total. The molecular weight excluding hydrogens is 254 g/mol. The minimum Gasteiger partial charge on any atom is -0.423 e. The number of hydrogen-bond donors (Lipinski definition) is 1. The Morgan fingerprint density at radius 3 is 2.75 bits per heavy atom. The van der Waals surface area contributed by atoms with E-state index in [2.05, 4.69) is 11.8 Å². The summed E-state index contributed by atoms with van der Waals surface area (Å²) in [5, 5.41) is 10.1. The molecule has 0 saturated heterocycles. The Morgan fingerprint density at radius 1 is 1.25 bits per heavy atom. The number of nitrogens with zero attached hydrogens (tertiary/aromatic N) is 1. The fourth-order valence-electron chi connectivity index (χ4n) is 2.44. The highest BCUT2D eigenvalue weighted by Crippen LogP contribution is 2.19. The largest absolute Gasteiger partial charge is 0.423 e. The normalized spacial score (nSPS) is 11.4. The number of aliphatic hydroxyl groups is 1. The van der Waals surface area contributed by atoms with Gasteiger partial charge in [-0.25, -0.2) is 4.79 Å². The van der Waals surface area contributed by atoms with Crippen LogP contribution < -0.4 is 5.63 Å². The topological polar surface area (TPSA) is 53.7 Å². The maximum atomic E-state index is 11.7. The van der Waals surface area contributed by atoms with Gasteiger partial charge in [-0.2, -0.15) is 0 Å². The predicted octanol–water partition coefficient (Wildman–Crippen LogP) is 2.31. The number of hydrogen-bond acceptors (Lipinski definition) is 4. The molecule has 2 rings (SSSR count). The summed E-state index contributed by atoms with van der Waals surface area (Å²) in [6.07, 6.45) is 1.01. The van der Waals surface area contributed by atoms with Crippen molar-refractivity contribution in [2.45, 2.75) is 26.8 Å². The Kier molecular flexibility index (Phi) is 4.93. The maximum Gasteiger partial charge on any atom is 0.336 e. The van der Waals surface area contributed by atoms with Crippen LogP contribution in [0.2, 0.25) is 0 Å². The summed E-state index contributed by atoms with van der Waals surface area (Å²) in [6, 6.07) is 7.45. The smallest absolute Gasteiger partial charge is 0.336 e. The van der Waals surface area contributed by atoms with Gasteiger partial charge in [-0.3, -0.25) is 4.90 Å². The minimum absolute atomic E-state index is 0.123. The minimum atomic E-state index is -0.321. The molecule has 4 heteroatoms. The Hall–Kier alpha value is -1.65. The molecule has 1 N–H and O–H groups in total. The molecule has 0 aliphatic rings. The van der Waals surface area contributed by atoms with E-state index in [9.17, 15) is 4.79 Å². The average molecular weight is 275 g/mol. The number of benzene rings is 1. The Bertz CT molecular complexity index is 627. The first-order valence-corrected chi connectivity index (χ1v) is 7.00. The SMILES string of the molecule is CCCN(CCO)Cc1cc(=O)oc2cc(C)ccc12. The van der Waals surface area contributed by atoms with Crippen molar-refractivity contribution in [1.29, 1.82) is 0 Å². The lowest BCUT2D eigenvalue weighted by atomic mass is 10.1. The molecule has 2 aromatic rings. The van der Waals surface area contributed by atoms with Gasteiger partial charge in [0.2, 0.25) is 0 Å². The monoisotopic (exact) mass is 275 g/mol. The molecule has 0 radical (unpaired) electrons.